The van der Waals surface area contributed by atoms with Crippen LogP contribution in [-0.4, -0.2) is 255 Å². The largest absolute Gasteiger partial charge is 0.494 e. The molecule has 450 valence electrons. The van der Waals surface area contributed by atoms with Crippen molar-refractivity contribution in [3.05, 3.63) is 83.5 Å². The van der Waals surface area contributed by atoms with Crippen molar-refractivity contribution in [3.63, 3.8) is 0 Å². The topological polar surface area (TPSA) is 307 Å². The third-order valence-corrected chi connectivity index (χ3v) is 13.7. The van der Waals surface area contributed by atoms with E-state index in [1.807, 2.05) is 36.5 Å². The van der Waals surface area contributed by atoms with Gasteiger partial charge in [0, 0.05) is 65.0 Å². The molecular weight excluding hydrogens is 1080 g/mol. The predicted molar refractivity (Wildman–Crippen MR) is 299 cm³/mol. The Morgan fingerprint density at radius 2 is 1.37 bits per heavy atom. The Morgan fingerprint density at radius 1 is 0.771 bits per heavy atom. The number of rotatable bonds is 40. The average molecular weight is 1160 g/mol. The predicted octanol–water partition coefficient (Wildman–Crippen LogP) is 1.55. The van der Waals surface area contributed by atoms with Gasteiger partial charge in [-0.25, -0.2) is 14.6 Å². The molecule has 0 saturated carbocycles. The second-order valence-electron chi connectivity index (χ2n) is 19.3. The number of benzene rings is 1. The minimum Gasteiger partial charge on any atom is -0.494 e. The maximum absolute atomic E-state index is 13.8. The molecule has 2 aliphatic rings. The summed E-state index contributed by atoms with van der Waals surface area (Å²) in [6.45, 7) is 13.0. The van der Waals surface area contributed by atoms with Crippen molar-refractivity contribution in [2.45, 2.75) is 44.9 Å². The van der Waals surface area contributed by atoms with E-state index in [9.17, 15) is 29.5 Å². The molecule has 5 aromatic rings. The van der Waals surface area contributed by atoms with E-state index >= 15 is 0 Å². The van der Waals surface area contributed by atoms with Crippen molar-refractivity contribution < 1.29 is 66.9 Å². The van der Waals surface area contributed by atoms with Crippen molar-refractivity contribution in [3.8, 4) is 17.6 Å². The minimum absolute atomic E-state index is 0.0900. The molecule has 2 saturated heterocycles. The van der Waals surface area contributed by atoms with E-state index in [-0.39, 0.29) is 42.7 Å². The number of pyridine rings is 1. The Labute approximate surface area is 482 Å². The van der Waals surface area contributed by atoms with Crippen LogP contribution in [0.4, 0.5) is 0 Å². The van der Waals surface area contributed by atoms with Gasteiger partial charge in [-0.15, -0.1) is 10.2 Å². The van der Waals surface area contributed by atoms with Gasteiger partial charge in [0.15, 0.2) is 5.82 Å². The number of amides is 2. The molecule has 4 aromatic heterocycles. The number of ketones is 1. The summed E-state index contributed by atoms with van der Waals surface area (Å²) in [6.07, 6.45) is 8.66. The Balaban J connectivity index is 0.696. The van der Waals surface area contributed by atoms with Gasteiger partial charge in [0.05, 0.1) is 173 Å². The maximum Gasteiger partial charge on any atom is 0.295 e. The van der Waals surface area contributed by atoms with Gasteiger partial charge in [0.1, 0.15) is 24.1 Å². The number of ether oxygens (including phenoxy) is 9. The highest BCUT2D eigenvalue weighted by atomic mass is 16.6. The summed E-state index contributed by atoms with van der Waals surface area (Å²) in [5.41, 5.74) is 3.51. The molecule has 7 rings (SSSR count). The van der Waals surface area contributed by atoms with Gasteiger partial charge >= 0.3 is 0 Å². The van der Waals surface area contributed by atoms with Crippen molar-refractivity contribution in [2.24, 2.45) is 0 Å². The third-order valence-electron chi connectivity index (χ3n) is 13.7. The van der Waals surface area contributed by atoms with E-state index in [1.54, 1.807) is 4.68 Å². The second kappa shape index (κ2) is 35.9. The summed E-state index contributed by atoms with van der Waals surface area (Å²) < 4.78 is 53.0. The van der Waals surface area contributed by atoms with E-state index in [1.165, 1.54) is 35.4 Å². The van der Waals surface area contributed by atoms with Crippen LogP contribution in [0.5, 0.6) is 5.75 Å². The minimum atomic E-state index is -0.733. The highest BCUT2D eigenvalue weighted by Gasteiger charge is 2.31. The fraction of sp³-hybridized carbons (Fsp3) is 0.571. The van der Waals surface area contributed by atoms with Crippen LogP contribution in [0, 0.1) is 11.3 Å². The number of aliphatic hydroxyl groups is 1. The van der Waals surface area contributed by atoms with Crippen LogP contribution in [0.3, 0.4) is 0 Å². The lowest BCUT2D eigenvalue weighted by Crippen LogP contribution is -2.49. The van der Waals surface area contributed by atoms with Gasteiger partial charge in [-0.05, 0) is 30.4 Å². The fourth-order valence-corrected chi connectivity index (χ4v) is 9.15. The first kappa shape index (κ1) is 63.6. The summed E-state index contributed by atoms with van der Waals surface area (Å²) >= 11 is 0. The molecule has 2 fully saturated rings. The number of aldehydes is 1. The highest BCUT2D eigenvalue weighted by molar-refractivity contribution is 6.45. The number of piperidine rings is 1. The van der Waals surface area contributed by atoms with Gasteiger partial charge in [-0.3, -0.25) is 19.3 Å². The molecule has 2 amide bonds. The quantitative estimate of drug-likeness (QED) is 0.0165. The molecule has 0 bridgehead atoms. The number of piperazine rings is 1. The number of aromatic nitrogens is 8. The smallest absolute Gasteiger partial charge is 0.295 e. The molecule has 3 N–H and O–H groups in total. The Bertz CT molecular complexity index is 2820. The Morgan fingerprint density at radius 3 is 1.99 bits per heavy atom. The van der Waals surface area contributed by atoms with Crippen molar-refractivity contribution >= 4 is 40.4 Å². The number of hydrogen-bond acceptors (Lipinski definition) is 22. The van der Waals surface area contributed by atoms with Crippen molar-refractivity contribution in [2.75, 3.05) is 165 Å². The molecule has 1 atom stereocenters. The van der Waals surface area contributed by atoms with Crippen LogP contribution in [0.1, 0.15) is 57.9 Å². The number of hydrogen-bond donors (Lipinski definition) is 3. The van der Waals surface area contributed by atoms with Gasteiger partial charge in [-0.1, -0.05) is 35.5 Å². The molecule has 1 aromatic carbocycles. The number of carbonyl (C=O) groups excluding carboxylic acids is 4. The first-order valence-corrected chi connectivity index (χ1v) is 28.1. The van der Waals surface area contributed by atoms with E-state index in [2.05, 4.69) is 51.5 Å². The van der Waals surface area contributed by atoms with Gasteiger partial charge < -0.3 is 72.6 Å². The fourth-order valence-electron chi connectivity index (χ4n) is 9.15. The number of H-pyrrole nitrogens is 1. The number of methoxy groups -OCH3 is 1. The van der Waals surface area contributed by atoms with Crippen molar-refractivity contribution in [1.29, 1.82) is 5.26 Å². The van der Waals surface area contributed by atoms with Crippen LogP contribution < -0.4 is 10.1 Å². The van der Waals surface area contributed by atoms with Crippen LogP contribution in [0.15, 0.2) is 60.8 Å². The Kier molecular flexibility index (Phi) is 27.5. The molecular formula is C56H77N13O14. The summed E-state index contributed by atoms with van der Waals surface area (Å²) in [5.74, 6) is -1.65. The number of aliphatic hydroxyl groups excluding tert-OH is 1. The Hall–Kier alpha value is -6.94. The normalized spacial score (nSPS) is 14.5. The first-order chi connectivity index (χ1) is 40.8. The lowest BCUT2D eigenvalue weighted by atomic mass is 9.93. The number of nitrogens with zero attached hydrogens (tertiary/aromatic N) is 11. The number of nitriles is 1. The van der Waals surface area contributed by atoms with E-state index in [0.717, 1.165) is 55.8 Å². The van der Waals surface area contributed by atoms with Crippen LogP contribution in [0.25, 0.3) is 22.3 Å². The molecule has 0 spiro atoms. The average Bonchev–Trinajstić information content (AvgIpc) is 2.95. The van der Waals surface area contributed by atoms with Crippen LogP contribution >= 0.6 is 0 Å². The number of aromatic amines is 1. The second-order valence-corrected chi connectivity index (χ2v) is 19.3. The van der Waals surface area contributed by atoms with Crippen molar-refractivity contribution in [1.82, 2.24) is 59.7 Å². The lowest BCUT2D eigenvalue weighted by molar-refractivity contribution is -0.126. The van der Waals surface area contributed by atoms with Gasteiger partial charge in [0.25, 0.3) is 17.6 Å². The molecule has 0 unspecified atom stereocenters. The summed E-state index contributed by atoms with van der Waals surface area (Å²) in [4.78, 5) is 68.9. The highest BCUT2D eigenvalue weighted by Crippen LogP contribution is 2.33. The zero-order chi connectivity index (χ0) is 58.3. The van der Waals surface area contributed by atoms with Gasteiger partial charge in [-0.2, -0.15) is 9.94 Å². The summed E-state index contributed by atoms with van der Waals surface area (Å²) in [5, 5.41) is 35.9. The molecule has 27 nitrogen and oxygen atoms in total. The van der Waals surface area contributed by atoms with E-state index in [4.69, 9.17) is 42.6 Å². The lowest BCUT2D eigenvalue weighted by Gasteiger charge is -2.35. The van der Waals surface area contributed by atoms with E-state index < -0.39 is 23.6 Å². The van der Waals surface area contributed by atoms with Crippen LogP contribution in [-0.2, 0) is 60.6 Å². The molecule has 6 heterocycles. The monoisotopic (exact) mass is 1160 g/mol. The zero-order valence-electron chi connectivity index (χ0n) is 47.2. The van der Waals surface area contributed by atoms with Crippen LogP contribution in [0.2, 0.25) is 0 Å². The summed E-state index contributed by atoms with van der Waals surface area (Å²) in [7, 11) is 1.44. The molecule has 27 heteroatoms. The standard InChI is InChI=1S/C56H77N13O14/c1-75-49-38-59-54(51-50(49)48(37-58-51)52(72)56(74)67-12-8-44(9-13-67)47(36-57)43-6-3-2-4-7-43)69-42-60-53(63-69)55(73)61-45(40-71)10-11-65-14-16-66(17-15-65)18-22-77-25-28-80-32-33-82-34-35-83-41-46-39-68(64-62-46)19-23-78-26-29-81-31-30-79-27-24-76-21-5-20-70/h2-4,6-7,20,37-39,42,45,58,71H,5,8-19,21-35,40-41H2,1H3,(H,61,73)/t45-/m0/s1. The first-order valence-electron chi connectivity index (χ1n) is 28.1. The van der Waals surface area contributed by atoms with E-state index in [0.29, 0.717) is 161 Å². The number of allylic oxidation sites excluding steroid dienone is 1. The molecule has 0 aliphatic carbocycles. The molecule has 0 radical (unpaired) electrons. The number of Topliss-reactive ketones (excluding diaryl/α,β-unsaturated/α-hetero) is 1. The third kappa shape index (κ3) is 20.4. The molecule has 2 aliphatic heterocycles. The number of fused-ring (bicyclic) bond motifs is 1. The zero-order valence-corrected chi connectivity index (χ0v) is 47.2. The maximum atomic E-state index is 13.8. The SMILES string of the molecule is COc1cnc(-n2cnc(C(=O)N[C@H](CO)CCN3CCN(CCOCCOCCOCCOCc4cn(CCOCCOCCOCCOCCC=O)nn4)CC3)n2)c2[nH]cc(C(=O)C(=O)N3CCC(=C(C#N)c4ccccc4)CC3)c12. The molecule has 83 heavy (non-hydrogen) atoms. The number of nitrogens with one attached hydrogen (secondary N) is 2. The van der Waals surface area contributed by atoms with Gasteiger partial charge in [0.2, 0.25) is 5.82 Å². The summed E-state index contributed by atoms with van der Waals surface area (Å²) in [6, 6.07) is 11.2. The number of carbonyl (C=O) groups is 4. The number of likely N-dealkylation sites (tertiary alicyclic amines) is 1.